The summed E-state index contributed by atoms with van der Waals surface area (Å²) in [6, 6.07) is 7.38. The third kappa shape index (κ3) is 3.66. The lowest BCUT2D eigenvalue weighted by Gasteiger charge is -2.39. The van der Waals surface area contributed by atoms with Crippen molar-refractivity contribution in [2.45, 2.75) is 31.7 Å². The van der Waals surface area contributed by atoms with Crippen LogP contribution >= 0.6 is 0 Å². The maximum Gasteiger partial charge on any atom is 0.172 e. The van der Waals surface area contributed by atoms with Crippen molar-refractivity contribution in [1.29, 1.82) is 0 Å². The summed E-state index contributed by atoms with van der Waals surface area (Å²) >= 11 is 0. The molecule has 4 heterocycles. The standard InChI is InChI=1S/C23H31N5O/c1-26(2)22-23(25-10-9-24-22)28-13-7-18-6-12-27(20(18)16-28)11-5-17-3-4-21-19(15-17)8-14-29-21/h3-4,9-10,15,18,20H,5-8,11-14,16H2,1-2H3. The molecule has 3 aliphatic rings. The van der Waals surface area contributed by atoms with Crippen LogP contribution in [0.15, 0.2) is 30.6 Å². The molecule has 0 radical (unpaired) electrons. The number of benzene rings is 1. The monoisotopic (exact) mass is 393 g/mol. The molecule has 5 rings (SSSR count). The highest BCUT2D eigenvalue weighted by atomic mass is 16.5. The van der Waals surface area contributed by atoms with Crippen LogP contribution in [0.4, 0.5) is 11.6 Å². The van der Waals surface area contributed by atoms with E-state index in [2.05, 4.69) is 42.9 Å². The minimum absolute atomic E-state index is 0.624. The fourth-order valence-corrected chi connectivity index (χ4v) is 5.23. The fraction of sp³-hybridized carbons (Fsp3) is 0.565. The Morgan fingerprint density at radius 1 is 1.14 bits per heavy atom. The predicted octanol–water partition coefficient (Wildman–Crippen LogP) is 2.62. The molecular weight excluding hydrogens is 362 g/mol. The third-order valence-corrected chi connectivity index (χ3v) is 6.80. The molecule has 1 aromatic heterocycles. The van der Waals surface area contributed by atoms with Gasteiger partial charge in [-0.25, -0.2) is 9.97 Å². The number of rotatable bonds is 5. The highest BCUT2D eigenvalue weighted by Gasteiger charge is 2.39. The maximum absolute atomic E-state index is 5.65. The smallest absolute Gasteiger partial charge is 0.172 e. The molecule has 2 saturated heterocycles. The number of piperidine rings is 1. The number of aromatic nitrogens is 2. The Morgan fingerprint density at radius 2 is 2.00 bits per heavy atom. The molecule has 154 valence electrons. The van der Waals surface area contributed by atoms with Gasteiger partial charge in [0.25, 0.3) is 0 Å². The first-order valence-corrected chi connectivity index (χ1v) is 10.9. The van der Waals surface area contributed by atoms with Crippen LogP contribution in [-0.4, -0.2) is 67.8 Å². The molecule has 2 unspecified atom stereocenters. The Bertz CT molecular complexity index is 870. The summed E-state index contributed by atoms with van der Waals surface area (Å²) in [5.74, 6) is 3.90. The van der Waals surface area contributed by atoms with Gasteiger partial charge in [0.05, 0.1) is 6.61 Å². The number of likely N-dealkylation sites (tertiary alicyclic amines) is 1. The van der Waals surface area contributed by atoms with E-state index in [9.17, 15) is 0 Å². The number of nitrogens with zero attached hydrogens (tertiary/aromatic N) is 5. The molecule has 29 heavy (non-hydrogen) atoms. The predicted molar refractivity (Wildman–Crippen MR) is 116 cm³/mol. The van der Waals surface area contributed by atoms with Crippen LogP contribution in [0, 0.1) is 5.92 Å². The van der Waals surface area contributed by atoms with Gasteiger partial charge in [-0.2, -0.15) is 0 Å². The van der Waals surface area contributed by atoms with E-state index in [0.717, 1.165) is 62.4 Å². The lowest BCUT2D eigenvalue weighted by Crippen LogP contribution is -2.49. The SMILES string of the molecule is CN(C)c1nccnc1N1CCC2CCN(CCc3ccc4c(c3)CCO4)C2C1. The van der Waals surface area contributed by atoms with E-state index < -0.39 is 0 Å². The van der Waals surface area contributed by atoms with Gasteiger partial charge >= 0.3 is 0 Å². The summed E-state index contributed by atoms with van der Waals surface area (Å²) in [4.78, 5) is 16.5. The average Bonchev–Trinajstić information content (AvgIpc) is 3.38. The summed E-state index contributed by atoms with van der Waals surface area (Å²) < 4.78 is 5.65. The van der Waals surface area contributed by atoms with Crippen LogP contribution < -0.4 is 14.5 Å². The summed E-state index contributed by atoms with van der Waals surface area (Å²) in [6.45, 7) is 5.33. The lowest BCUT2D eigenvalue weighted by atomic mass is 9.92. The molecule has 0 N–H and O–H groups in total. The average molecular weight is 394 g/mol. The van der Waals surface area contributed by atoms with E-state index in [4.69, 9.17) is 4.74 Å². The van der Waals surface area contributed by atoms with Crippen molar-refractivity contribution in [3.8, 4) is 5.75 Å². The van der Waals surface area contributed by atoms with Crippen molar-refractivity contribution in [1.82, 2.24) is 14.9 Å². The summed E-state index contributed by atoms with van der Waals surface area (Å²) in [7, 11) is 4.09. The van der Waals surface area contributed by atoms with E-state index in [0.29, 0.717) is 6.04 Å². The Morgan fingerprint density at radius 3 is 2.90 bits per heavy atom. The van der Waals surface area contributed by atoms with E-state index >= 15 is 0 Å². The molecule has 0 saturated carbocycles. The molecule has 2 atom stereocenters. The van der Waals surface area contributed by atoms with Crippen LogP contribution in [0.3, 0.4) is 0 Å². The van der Waals surface area contributed by atoms with Gasteiger partial charge in [-0.05, 0) is 48.9 Å². The van der Waals surface area contributed by atoms with Crippen molar-refractivity contribution in [3.05, 3.63) is 41.7 Å². The van der Waals surface area contributed by atoms with Crippen LogP contribution in [0.2, 0.25) is 0 Å². The second kappa shape index (κ2) is 7.82. The lowest BCUT2D eigenvalue weighted by molar-refractivity contribution is 0.209. The van der Waals surface area contributed by atoms with Gasteiger partial charge in [0.2, 0.25) is 0 Å². The summed E-state index contributed by atoms with van der Waals surface area (Å²) in [5, 5.41) is 0. The van der Waals surface area contributed by atoms with Crippen molar-refractivity contribution in [2.75, 3.05) is 56.7 Å². The summed E-state index contributed by atoms with van der Waals surface area (Å²) in [6.07, 6.45) is 8.36. The van der Waals surface area contributed by atoms with Gasteiger partial charge in [0, 0.05) is 58.6 Å². The molecule has 0 amide bonds. The number of ether oxygens (including phenoxy) is 1. The van der Waals surface area contributed by atoms with E-state index in [1.54, 1.807) is 6.20 Å². The topological polar surface area (TPSA) is 44.7 Å². The number of hydrogen-bond acceptors (Lipinski definition) is 6. The maximum atomic E-state index is 5.65. The largest absolute Gasteiger partial charge is 0.493 e. The molecule has 0 bridgehead atoms. The molecule has 0 spiro atoms. The fourth-order valence-electron chi connectivity index (χ4n) is 5.23. The van der Waals surface area contributed by atoms with Gasteiger partial charge in [0.1, 0.15) is 5.75 Å². The zero-order valence-electron chi connectivity index (χ0n) is 17.5. The number of anilines is 2. The van der Waals surface area contributed by atoms with Gasteiger partial charge < -0.3 is 14.5 Å². The highest BCUT2D eigenvalue weighted by molar-refractivity contribution is 5.61. The number of fused-ring (bicyclic) bond motifs is 2. The second-order valence-electron chi connectivity index (χ2n) is 8.78. The van der Waals surface area contributed by atoms with E-state index in [1.165, 1.54) is 30.5 Å². The second-order valence-corrected chi connectivity index (χ2v) is 8.78. The third-order valence-electron chi connectivity index (χ3n) is 6.80. The Labute approximate surface area is 173 Å². The first kappa shape index (κ1) is 18.7. The van der Waals surface area contributed by atoms with Gasteiger partial charge in [-0.1, -0.05) is 12.1 Å². The highest BCUT2D eigenvalue weighted by Crippen LogP contribution is 2.35. The van der Waals surface area contributed by atoms with Crippen molar-refractivity contribution < 1.29 is 4.74 Å². The Balaban J connectivity index is 1.26. The first-order chi connectivity index (χ1) is 14.2. The molecule has 1 aromatic carbocycles. The van der Waals surface area contributed by atoms with Crippen LogP contribution in [0.25, 0.3) is 0 Å². The first-order valence-electron chi connectivity index (χ1n) is 10.9. The minimum Gasteiger partial charge on any atom is -0.493 e. The minimum atomic E-state index is 0.624. The van der Waals surface area contributed by atoms with Crippen LogP contribution in [-0.2, 0) is 12.8 Å². The van der Waals surface area contributed by atoms with Crippen molar-refractivity contribution in [2.24, 2.45) is 5.92 Å². The zero-order chi connectivity index (χ0) is 19.8. The van der Waals surface area contributed by atoms with Crippen LogP contribution in [0.1, 0.15) is 24.0 Å². The number of hydrogen-bond donors (Lipinski definition) is 0. The van der Waals surface area contributed by atoms with Gasteiger partial charge in [-0.3, -0.25) is 4.90 Å². The molecule has 3 aliphatic heterocycles. The Kier molecular flexibility index (Phi) is 5.04. The molecule has 0 aliphatic carbocycles. The zero-order valence-corrected chi connectivity index (χ0v) is 17.5. The molecule has 2 fully saturated rings. The van der Waals surface area contributed by atoms with Crippen LogP contribution in [0.5, 0.6) is 5.75 Å². The van der Waals surface area contributed by atoms with E-state index in [1.807, 2.05) is 20.3 Å². The molecule has 2 aromatic rings. The quantitative estimate of drug-likeness (QED) is 0.778. The van der Waals surface area contributed by atoms with Crippen molar-refractivity contribution >= 4 is 11.6 Å². The van der Waals surface area contributed by atoms with E-state index in [-0.39, 0.29) is 0 Å². The van der Waals surface area contributed by atoms with Crippen molar-refractivity contribution in [3.63, 3.8) is 0 Å². The molecular formula is C23H31N5O. The summed E-state index contributed by atoms with van der Waals surface area (Å²) in [5.41, 5.74) is 2.82. The Hall–Kier alpha value is -2.34. The molecule has 6 nitrogen and oxygen atoms in total. The van der Waals surface area contributed by atoms with Gasteiger partial charge in [-0.15, -0.1) is 0 Å². The molecule has 6 heteroatoms. The van der Waals surface area contributed by atoms with Gasteiger partial charge in [0.15, 0.2) is 11.6 Å². The normalized spacial score (nSPS) is 23.6.